The highest BCUT2D eigenvalue weighted by atomic mass is 35.5. The Morgan fingerprint density at radius 3 is 2.88 bits per heavy atom. The van der Waals surface area contributed by atoms with Gasteiger partial charge in [0, 0.05) is 18.4 Å². The lowest BCUT2D eigenvalue weighted by atomic mass is 10.1. The van der Waals surface area contributed by atoms with Gasteiger partial charge in [0.25, 0.3) is 0 Å². The Balaban J connectivity index is 1.88. The van der Waals surface area contributed by atoms with Crippen LogP contribution in [0.1, 0.15) is 20.3 Å². The fourth-order valence-electron chi connectivity index (χ4n) is 2.42. The Labute approximate surface area is 144 Å². The first-order valence-electron chi connectivity index (χ1n) is 7.58. The van der Waals surface area contributed by atoms with E-state index < -0.39 is 11.7 Å². The second-order valence-corrected chi connectivity index (χ2v) is 6.71. The number of aliphatic hydroxyl groups is 1. The summed E-state index contributed by atoms with van der Waals surface area (Å²) in [4.78, 5) is 7.07. The molecule has 0 radical (unpaired) electrons. The van der Waals surface area contributed by atoms with Crippen LogP contribution in [0, 0.1) is 6.08 Å². The molecule has 0 unspecified atom stereocenters. The number of anilines is 2. The molecule has 2 aromatic heterocycles. The van der Waals surface area contributed by atoms with Crippen LogP contribution in [0.3, 0.4) is 0 Å². The Hall–Kier alpha value is -2.18. The van der Waals surface area contributed by atoms with Crippen LogP contribution < -0.4 is 5.32 Å². The minimum absolute atomic E-state index is 0.220. The summed E-state index contributed by atoms with van der Waals surface area (Å²) in [6, 6.07) is 7.79. The van der Waals surface area contributed by atoms with E-state index in [1.165, 1.54) is 6.20 Å². The van der Waals surface area contributed by atoms with Crippen molar-refractivity contribution >= 4 is 34.0 Å². The van der Waals surface area contributed by atoms with E-state index in [9.17, 15) is 9.50 Å². The largest absolute Gasteiger partial charge is 0.390 e. The zero-order chi connectivity index (χ0) is 17.3. The number of nitrogens with one attached hydrogen (secondary N) is 1. The number of fused-ring (bicyclic) bond motifs is 1. The van der Waals surface area contributed by atoms with E-state index in [1.807, 2.05) is 30.5 Å². The van der Waals surface area contributed by atoms with Crippen molar-refractivity contribution in [3.8, 4) is 0 Å². The third-order valence-electron chi connectivity index (χ3n) is 3.72. The molecule has 0 fully saturated rings. The van der Waals surface area contributed by atoms with Crippen molar-refractivity contribution < 1.29 is 9.50 Å². The SMILES string of the molecule is CC(C)(O)CCn1ccc2ccc(Nc3nc(F)ncc3Cl)cc21. The maximum Gasteiger partial charge on any atom is 0.310 e. The summed E-state index contributed by atoms with van der Waals surface area (Å²) >= 11 is 5.99. The molecule has 0 bridgehead atoms. The van der Waals surface area contributed by atoms with Gasteiger partial charge in [0.2, 0.25) is 0 Å². The predicted molar refractivity (Wildman–Crippen MR) is 93.1 cm³/mol. The first kappa shape index (κ1) is 16.7. The van der Waals surface area contributed by atoms with Gasteiger partial charge in [-0.15, -0.1) is 0 Å². The molecule has 0 saturated carbocycles. The lowest BCUT2D eigenvalue weighted by Gasteiger charge is -2.17. The predicted octanol–water partition coefficient (Wildman–Crippen LogP) is 4.13. The van der Waals surface area contributed by atoms with Gasteiger partial charge in [0.1, 0.15) is 5.02 Å². The lowest BCUT2D eigenvalue weighted by Crippen LogP contribution is -2.20. The fourth-order valence-corrected chi connectivity index (χ4v) is 2.56. The molecule has 0 aliphatic rings. The van der Waals surface area contributed by atoms with Gasteiger partial charge >= 0.3 is 6.08 Å². The van der Waals surface area contributed by atoms with Crippen LogP contribution in [0.2, 0.25) is 5.02 Å². The van der Waals surface area contributed by atoms with E-state index in [2.05, 4.69) is 19.9 Å². The first-order valence-corrected chi connectivity index (χ1v) is 7.96. The Bertz CT molecular complexity index is 873. The molecule has 0 aliphatic carbocycles. The minimum Gasteiger partial charge on any atom is -0.390 e. The van der Waals surface area contributed by atoms with Crippen molar-refractivity contribution in [2.24, 2.45) is 0 Å². The highest BCUT2D eigenvalue weighted by molar-refractivity contribution is 6.32. The zero-order valence-electron chi connectivity index (χ0n) is 13.4. The number of rotatable bonds is 5. The molecule has 3 rings (SSSR count). The van der Waals surface area contributed by atoms with Crippen molar-refractivity contribution in [2.45, 2.75) is 32.4 Å². The molecule has 7 heteroatoms. The lowest BCUT2D eigenvalue weighted by molar-refractivity contribution is 0.0666. The van der Waals surface area contributed by atoms with Gasteiger partial charge < -0.3 is 15.0 Å². The van der Waals surface area contributed by atoms with Crippen LogP contribution in [0.4, 0.5) is 15.9 Å². The summed E-state index contributed by atoms with van der Waals surface area (Å²) in [7, 11) is 0. The molecule has 126 valence electrons. The first-order chi connectivity index (χ1) is 11.3. The molecule has 0 spiro atoms. The van der Waals surface area contributed by atoms with E-state index in [1.54, 1.807) is 13.8 Å². The van der Waals surface area contributed by atoms with E-state index in [0.717, 1.165) is 16.6 Å². The van der Waals surface area contributed by atoms with Gasteiger partial charge in [-0.1, -0.05) is 17.7 Å². The van der Waals surface area contributed by atoms with Gasteiger partial charge in [-0.05, 0) is 43.9 Å². The summed E-state index contributed by atoms with van der Waals surface area (Å²) in [6.07, 6.45) is 3.00. The number of nitrogens with zero attached hydrogens (tertiary/aromatic N) is 3. The average Bonchev–Trinajstić information content (AvgIpc) is 2.91. The molecule has 0 aliphatic heterocycles. The van der Waals surface area contributed by atoms with Gasteiger partial charge in [-0.2, -0.15) is 9.37 Å². The van der Waals surface area contributed by atoms with Gasteiger partial charge in [-0.3, -0.25) is 0 Å². The normalized spacial score (nSPS) is 11.9. The summed E-state index contributed by atoms with van der Waals surface area (Å²) in [5.41, 5.74) is 1.03. The Morgan fingerprint density at radius 1 is 1.33 bits per heavy atom. The van der Waals surface area contributed by atoms with Crippen molar-refractivity contribution in [3.63, 3.8) is 0 Å². The summed E-state index contributed by atoms with van der Waals surface area (Å²) < 4.78 is 15.3. The molecular weight excluding hydrogens is 331 g/mol. The van der Waals surface area contributed by atoms with E-state index in [0.29, 0.717) is 13.0 Å². The number of hydrogen-bond acceptors (Lipinski definition) is 4. The molecule has 2 N–H and O–H groups in total. The topological polar surface area (TPSA) is 63.0 Å². The summed E-state index contributed by atoms with van der Waals surface area (Å²) in [5, 5.41) is 14.2. The van der Waals surface area contributed by atoms with Crippen LogP contribution >= 0.6 is 11.6 Å². The molecule has 1 aromatic carbocycles. The van der Waals surface area contributed by atoms with Crippen LogP contribution in [-0.4, -0.2) is 25.2 Å². The smallest absolute Gasteiger partial charge is 0.310 e. The maximum atomic E-state index is 13.2. The average molecular weight is 349 g/mol. The van der Waals surface area contributed by atoms with Gasteiger partial charge in [-0.25, -0.2) is 4.98 Å². The molecule has 24 heavy (non-hydrogen) atoms. The van der Waals surface area contributed by atoms with E-state index in [4.69, 9.17) is 11.6 Å². The number of hydrogen-bond donors (Lipinski definition) is 2. The standard InChI is InChI=1S/C17H18ClFN4O/c1-17(2,24)6-8-23-7-5-11-3-4-12(9-14(11)23)21-15-13(18)10-20-16(19)22-15/h3-5,7,9-10,24H,6,8H2,1-2H3,(H,20,21,22). The number of halogens is 2. The summed E-state index contributed by atoms with van der Waals surface area (Å²) in [6.45, 7) is 4.27. The van der Waals surface area contributed by atoms with Crippen LogP contribution in [-0.2, 0) is 6.54 Å². The second-order valence-electron chi connectivity index (χ2n) is 6.31. The maximum absolute atomic E-state index is 13.2. The van der Waals surface area contributed by atoms with E-state index in [-0.39, 0.29) is 10.8 Å². The molecule has 0 saturated heterocycles. The molecule has 5 nitrogen and oxygen atoms in total. The van der Waals surface area contributed by atoms with Crippen LogP contribution in [0.25, 0.3) is 10.9 Å². The van der Waals surface area contributed by atoms with Crippen molar-refractivity contribution in [2.75, 3.05) is 5.32 Å². The van der Waals surface area contributed by atoms with Crippen LogP contribution in [0.15, 0.2) is 36.7 Å². The minimum atomic E-state index is -0.837. The number of aromatic nitrogens is 3. The summed E-state index contributed by atoms with van der Waals surface area (Å²) in [5.74, 6) is 0.220. The third kappa shape index (κ3) is 3.83. The van der Waals surface area contributed by atoms with Crippen molar-refractivity contribution in [1.82, 2.24) is 14.5 Å². The molecule has 2 heterocycles. The quantitative estimate of drug-likeness (QED) is 0.680. The van der Waals surface area contributed by atoms with Crippen molar-refractivity contribution in [3.05, 3.63) is 47.8 Å². The van der Waals surface area contributed by atoms with Crippen LogP contribution in [0.5, 0.6) is 0 Å². The second kappa shape index (κ2) is 6.37. The Kier molecular flexibility index (Phi) is 4.43. The van der Waals surface area contributed by atoms with Crippen molar-refractivity contribution in [1.29, 1.82) is 0 Å². The third-order valence-corrected chi connectivity index (χ3v) is 3.99. The van der Waals surface area contributed by atoms with Gasteiger partial charge in [0.05, 0.1) is 17.3 Å². The van der Waals surface area contributed by atoms with Gasteiger partial charge in [0.15, 0.2) is 5.82 Å². The molecule has 3 aromatic rings. The number of benzene rings is 1. The highest BCUT2D eigenvalue weighted by Gasteiger charge is 2.13. The molecule has 0 atom stereocenters. The van der Waals surface area contributed by atoms with E-state index >= 15 is 0 Å². The monoisotopic (exact) mass is 348 g/mol. The Morgan fingerprint density at radius 2 is 2.12 bits per heavy atom. The molecule has 0 amide bonds. The zero-order valence-corrected chi connectivity index (χ0v) is 14.2. The fraction of sp³-hybridized carbons (Fsp3) is 0.294. The molecular formula is C17H18ClFN4O. The highest BCUT2D eigenvalue weighted by Crippen LogP contribution is 2.26. The number of aryl methyl sites for hydroxylation is 1.